The van der Waals surface area contributed by atoms with Crippen LogP contribution in [-0.4, -0.2) is 14.5 Å². The van der Waals surface area contributed by atoms with Gasteiger partial charge in [0.25, 0.3) is 0 Å². The number of nitrogens with zero attached hydrogens (tertiary/aromatic N) is 3. The SMILES string of the molecule is Cc1cccc(-n2c(N)nc3cnc4ccccc4c32)c1. The molecular weight excluding hydrogens is 260 g/mol. The average molecular weight is 274 g/mol. The molecule has 2 aromatic carbocycles. The third kappa shape index (κ3) is 1.76. The van der Waals surface area contributed by atoms with Crippen molar-refractivity contribution in [3.8, 4) is 5.69 Å². The van der Waals surface area contributed by atoms with Gasteiger partial charge in [0, 0.05) is 11.1 Å². The lowest BCUT2D eigenvalue weighted by Gasteiger charge is -2.09. The first-order valence-electron chi connectivity index (χ1n) is 6.83. The number of imidazole rings is 1. The molecule has 4 nitrogen and oxygen atoms in total. The van der Waals surface area contributed by atoms with Gasteiger partial charge in [-0.25, -0.2) is 4.98 Å². The number of pyridine rings is 1. The molecule has 21 heavy (non-hydrogen) atoms. The quantitative estimate of drug-likeness (QED) is 0.578. The average Bonchev–Trinajstić information content (AvgIpc) is 2.83. The van der Waals surface area contributed by atoms with E-state index in [4.69, 9.17) is 5.73 Å². The number of aromatic nitrogens is 3. The Labute approximate surface area is 121 Å². The summed E-state index contributed by atoms with van der Waals surface area (Å²) in [7, 11) is 0. The van der Waals surface area contributed by atoms with E-state index < -0.39 is 0 Å². The van der Waals surface area contributed by atoms with Crippen molar-refractivity contribution in [1.29, 1.82) is 0 Å². The minimum atomic E-state index is 0.480. The summed E-state index contributed by atoms with van der Waals surface area (Å²) in [5.74, 6) is 0.480. The summed E-state index contributed by atoms with van der Waals surface area (Å²) in [6.07, 6.45) is 1.78. The number of anilines is 1. The molecule has 102 valence electrons. The molecule has 2 heterocycles. The van der Waals surface area contributed by atoms with Gasteiger partial charge in [-0.1, -0.05) is 30.3 Å². The van der Waals surface area contributed by atoms with E-state index in [0.29, 0.717) is 5.95 Å². The van der Waals surface area contributed by atoms with Crippen LogP contribution in [-0.2, 0) is 0 Å². The second kappa shape index (κ2) is 4.31. The lowest BCUT2D eigenvalue weighted by Crippen LogP contribution is -2.01. The highest BCUT2D eigenvalue weighted by atomic mass is 15.2. The van der Waals surface area contributed by atoms with Gasteiger partial charge in [0.2, 0.25) is 5.95 Å². The van der Waals surface area contributed by atoms with Crippen LogP contribution < -0.4 is 5.73 Å². The van der Waals surface area contributed by atoms with Crippen LogP contribution >= 0.6 is 0 Å². The lowest BCUT2D eigenvalue weighted by molar-refractivity contribution is 1.11. The van der Waals surface area contributed by atoms with Gasteiger partial charge in [0.1, 0.15) is 5.52 Å². The molecule has 0 saturated carbocycles. The van der Waals surface area contributed by atoms with E-state index in [0.717, 1.165) is 27.6 Å². The van der Waals surface area contributed by atoms with Crippen molar-refractivity contribution in [2.45, 2.75) is 6.92 Å². The summed E-state index contributed by atoms with van der Waals surface area (Å²) in [6.45, 7) is 2.07. The molecule has 0 aliphatic rings. The third-order valence-corrected chi connectivity index (χ3v) is 3.68. The molecule has 0 amide bonds. The summed E-state index contributed by atoms with van der Waals surface area (Å²) in [5, 5.41) is 1.06. The van der Waals surface area contributed by atoms with Crippen molar-refractivity contribution in [1.82, 2.24) is 14.5 Å². The van der Waals surface area contributed by atoms with Gasteiger partial charge < -0.3 is 5.73 Å². The molecule has 0 aliphatic carbocycles. The standard InChI is InChI=1S/C17H14N4/c1-11-5-4-6-12(9-11)21-16-13-7-2-3-8-14(13)19-10-15(16)20-17(21)18/h2-10H,1H3,(H2,18,20). The Morgan fingerprint density at radius 3 is 2.71 bits per heavy atom. The van der Waals surface area contributed by atoms with E-state index in [1.165, 1.54) is 5.56 Å². The molecule has 4 rings (SSSR count). The van der Waals surface area contributed by atoms with Gasteiger partial charge >= 0.3 is 0 Å². The second-order valence-electron chi connectivity index (χ2n) is 5.15. The molecule has 0 spiro atoms. The van der Waals surface area contributed by atoms with E-state index in [-0.39, 0.29) is 0 Å². The Morgan fingerprint density at radius 1 is 1.00 bits per heavy atom. The molecule has 4 aromatic rings. The normalized spacial score (nSPS) is 11.3. The van der Waals surface area contributed by atoms with Crippen LogP contribution in [0.4, 0.5) is 5.95 Å². The van der Waals surface area contributed by atoms with Crippen molar-refractivity contribution in [3.63, 3.8) is 0 Å². The number of nitrogen functional groups attached to an aromatic ring is 1. The van der Waals surface area contributed by atoms with Crippen LogP contribution in [0, 0.1) is 6.92 Å². The van der Waals surface area contributed by atoms with Gasteiger partial charge in [0.05, 0.1) is 17.2 Å². The van der Waals surface area contributed by atoms with Crippen molar-refractivity contribution in [2.24, 2.45) is 0 Å². The number of para-hydroxylation sites is 1. The summed E-state index contributed by atoms with van der Waals surface area (Å²) in [4.78, 5) is 8.89. The van der Waals surface area contributed by atoms with E-state index >= 15 is 0 Å². The fourth-order valence-electron chi connectivity index (χ4n) is 2.75. The Kier molecular flexibility index (Phi) is 2.44. The minimum absolute atomic E-state index is 0.480. The zero-order valence-electron chi connectivity index (χ0n) is 11.6. The maximum Gasteiger partial charge on any atom is 0.206 e. The smallest absolute Gasteiger partial charge is 0.206 e. The highest BCUT2D eigenvalue weighted by Gasteiger charge is 2.13. The van der Waals surface area contributed by atoms with Crippen molar-refractivity contribution in [3.05, 3.63) is 60.3 Å². The fraction of sp³-hybridized carbons (Fsp3) is 0.0588. The van der Waals surface area contributed by atoms with E-state index in [9.17, 15) is 0 Å². The van der Waals surface area contributed by atoms with Crippen LogP contribution in [0.5, 0.6) is 0 Å². The molecule has 0 radical (unpaired) electrons. The largest absolute Gasteiger partial charge is 0.369 e. The Bertz CT molecular complexity index is 969. The van der Waals surface area contributed by atoms with Crippen LogP contribution in [0.3, 0.4) is 0 Å². The number of nitrogens with two attached hydrogens (primary N) is 1. The lowest BCUT2D eigenvalue weighted by atomic mass is 10.2. The van der Waals surface area contributed by atoms with Crippen LogP contribution in [0.2, 0.25) is 0 Å². The number of aryl methyl sites for hydroxylation is 1. The third-order valence-electron chi connectivity index (χ3n) is 3.68. The number of rotatable bonds is 1. The number of benzene rings is 2. The molecule has 0 bridgehead atoms. The zero-order valence-corrected chi connectivity index (χ0v) is 11.6. The van der Waals surface area contributed by atoms with Crippen molar-refractivity contribution >= 4 is 27.9 Å². The summed E-state index contributed by atoms with van der Waals surface area (Å²) in [5.41, 5.74) is 11.1. The van der Waals surface area contributed by atoms with E-state index in [1.807, 2.05) is 34.9 Å². The zero-order chi connectivity index (χ0) is 14.4. The van der Waals surface area contributed by atoms with Crippen LogP contribution in [0.1, 0.15) is 5.56 Å². The van der Waals surface area contributed by atoms with Gasteiger partial charge in [-0.05, 0) is 30.7 Å². The molecule has 0 saturated heterocycles. The van der Waals surface area contributed by atoms with Crippen LogP contribution in [0.15, 0.2) is 54.7 Å². The Morgan fingerprint density at radius 2 is 1.86 bits per heavy atom. The predicted molar refractivity (Wildman–Crippen MR) is 85.5 cm³/mol. The summed E-state index contributed by atoms with van der Waals surface area (Å²) >= 11 is 0. The first kappa shape index (κ1) is 11.9. The number of hydrogen-bond acceptors (Lipinski definition) is 3. The monoisotopic (exact) mass is 274 g/mol. The highest BCUT2D eigenvalue weighted by Crippen LogP contribution is 2.28. The van der Waals surface area contributed by atoms with E-state index in [1.54, 1.807) is 6.20 Å². The topological polar surface area (TPSA) is 56.7 Å². The van der Waals surface area contributed by atoms with Gasteiger partial charge in [-0.3, -0.25) is 9.55 Å². The Balaban J connectivity index is 2.17. The molecule has 0 unspecified atom stereocenters. The molecule has 0 atom stereocenters. The maximum atomic E-state index is 6.15. The molecule has 4 heteroatoms. The number of fused-ring (bicyclic) bond motifs is 3. The van der Waals surface area contributed by atoms with Crippen molar-refractivity contribution < 1.29 is 0 Å². The summed E-state index contributed by atoms with van der Waals surface area (Å²) < 4.78 is 1.99. The molecule has 0 aliphatic heterocycles. The minimum Gasteiger partial charge on any atom is -0.369 e. The highest BCUT2D eigenvalue weighted by molar-refractivity contribution is 6.03. The van der Waals surface area contributed by atoms with Gasteiger partial charge in [-0.15, -0.1) is 0 Å². The second-order valence-corrected chi connectivity index (χ2v) is 5.15. The fourth-order valence-corrected chi connectivity index (χ4v) is 2.75. The predicted octanol–water partition coefficient (Wildman–Crippen LogP) is 3.46. The van der Waals surface area contributed by atoms with E-state index in [2.05, 4.69) is 35.1 Å². The first-order chi connectivity index (χ1) is 10.2. The first-order valence-corrected chi connectivity index (χ1v) is 6.83. The molecule has 2 aromatic heterocycles. The summed E-state index contributed by atoms with van der Waals surface area (Å²) in [6, 6.07) is 16.3. The molecule has 0 fully saturated rings. The Hall–Kier alpha value is -2.88. The molecule has 2 N–H and O–H groups in total. The van der Waals surface area contributed by atoms with Crippen molar-refractivity contribution in [2.75, 3.05) is 5.73 Å². The number of hydrogen-bond donors (Lipinski definition) is 1. The van der Waals surface area contributed by atoms with Gasteiger partial charge in [-0.2, -0.15) is 0 Å². The maximum absolute atomic E-state index is 6.15. The van der Waals surface area contributed by atoms with Gasteiger partial charge in [0.15, 0.2) is 0 Å². The van der Waals surface area contributed by atoms with Crippen LogP contribution in [0.25, 0.3) is 27.6 Å². The molecular formula is C17H14N4.